The molecular formula is C22H19N3O. The second-order valence-electron chi connectivity index (χ2n) is 6.02. The van der Waals surface area contributed by atoms with Crippen LogP contribution in [-0.2, 0) is 7.05 Å². The van der Waals surface area contributed by atoms with Gasteiger partial charge in [-0.05, 0) is 36.4 Å². The third kappa shape index (κ3) is 2.86. The van der Waals surface area contributed by atoms with Crippen molar-refractivity contribution < 1.29 is 4.74 Å². The molecule has 0 saturated carbocycles. The van der Waals surface area contributed by atoms with Crippen LogP contribution in [0.2, 0.25) is 0 Å². The zero-order valence-corrected chi connectivity index (χ0v) is 14.8. The van der Waals surface area contributed by atoms with Gasteiger partial charge in [-0.3, -0.25) is 4.98 Å². The van der Waals surface area contributed by atoms with Crippen molar-refractivity contribution >= 4 is 0 Å². The second kappa shape index (κ2) is 6.84. The van der Waals surface area contributed by atoms with Crippen molar-refractivity contribution in [2.24, 2.45) is 7.05 Å². The van der Waals surface area contributed by atoms with Gasteiger partial charge in [-0.1, -0.05) is 30.3 Å². The summed E-state index contributed by atoms with van der Waals surface area (Å²) in [6.45, 7) is 0. The van der Waals surface area contributed by atoms with Crippen LogP contribution in [0.25, 0.3) is 33.9 Å². The molecule has 4 rings (SSSR count). The zero-order chi connectivity index (χ0) is 17.9. The largest absolute Gasteiger partial charge is 0.497 e. The Hall–Kier alpha value is -3.40. The lowest BCUT2D eigenvalue weighted by molar-refractivity contribution is 0.415. The van der Waals surface area contributed by atoms with E-state index in [0.717, 1.165) is 39.7 Å². The molecule has 0 unspecified atom stereocenters. The Labute approximate surface area is 152 Å². The molecule has 0 N–H and O–H groups in total. The Morgan fingerprint density at radius 1 is 0.769 bits per heavy atom. The number of benzene rings is 2. The van der Waals surface area contributed by atoms with E-state index < -0.39 is 0 Å². The number of methoxy groups -OCH3 is 1. The van der Waals surface area contributed by atoms with E-state index in [1.807, 2.05) is 54.6 Å². The lowest BCUT2D eigenvalue weighted by Gasteiger charge is -2.08. The van der Waals surface area contributed by atoms with E-state index in [4.69, 9.17) is 9.72 Å². The fourth-order valence-corrected chi connectivity index (χ4v) is 3.13. The molecule has 4 nitrogen and oxygen atoms in total. The number of nitrogens with zero attached hydrogens (tertiary/aromatic N) is 3. The fourth-order valence-electron chi connectivity index (χ4n) is 3.13. The van der Waals surface area contributed by atoms with Crippen LogP contribution in [0.15, 0.2) is 79.1 Å². The van der Waals surface area contributed by atoms with Gasteiger partial charge in [0.1, 0.15) is 11.6 Å². The van der Waals surface area contributed by atoms with E-state index in [9.17, 15) is 0 Å². The minimum absolute atomic E-state index is 0.834. The van der Waals surface area contributed by atoms with Crippen molar-refractivity contribution in [3.05, 3.63) is 79.1 Å². The van der Waals surface area contributed by atoms with Crippen molar-refractivity contribution in [3.8, 4) is 39.7 Å². The molecule has 2 aromatic carbocycles. The topological polar surface area (TPSA) is 39.9 Å². The quantitative estimate of drug-likeness (QED) is 0.534. The summed E-state index contributed by atoms with van der Waals surface area (Å²) in [7, 11) is 3.73. The maximum Gasteiger partial charge on any atom is 0.140 e. The Bertz CT molecular complexity index is 1010. The molecule has 0 aliphatic carbocycles. The maximum atomic E-state index is 5.27. The summed E-state index contributed by atoms with van der Waals surface area (Å²) in [4.78, 5) is 9.11. The van der Waals surface area contributed by atoms with Gasteiger partial charge in [0, 0.05) is 36.1 Å². The number of ether oxygens (including phenoxy) is 1. The highest BCUT2D eigenvalue weighted by molar-refractivity contribution is 5.82. The molecule has 0 aliphatic rings. The molecule has 0 spiro atoms. The molecule has 0 aliphatic heterocycles. The summed E-state index contributed by atoms with van der Waals surface area (Å²) >= 11 is 0. The molecule has 0 atom stereocenters. The Morgan fingerprint density at radius 2 is 1.46 bits per heavy atom. The van der Waals surface area contributed by atoms with Crippen molar-refractivity contribution in [2.45, 2.75) is 0 Å². The number of aromatic nitrogens is 3. The molecule has 0 amide bonds. The number of hydrogen-bond acceptors (Lipinski definition) is 3. The SMILES string of the molecule is COc1ccc(-c2nc(-c3ccncc3)c(-c3ccccc3)n2C)cc1. The lowest BCUT2D eigenvalue weighted by atomic mass is 10.1. The molecule has 0 saturated heterocycles. The minimum Gasteiger partial charge on any atom is -0.497 e. The first-order chi connectivity index (χ1) is 12.8. The van der Waals surface area contributed by atoms with Gasteiger partial charge in [0.25, 0.3) is 0 Å². The fraction of sp³-hybridized carbons (Fsp3) is 0.0909. The van der Waals surface area contributed by atoms with E-state index in [2.05, 4.69) is 28.7 Å². The first-order valence-electron chi connectivity index (χ1n) is 8.45. The highest BCUT2D eigenvalue weighted by atomic mass is 16.5. The smallest absolute Gasteiger partial charge is 0.140 e. The lowest BCUT2D eigenvalue weighted by Crippen LogP contribution is -1.96. The van der Waals surface area contributed by atoms with Crippen LogP contribution in [0.3, 0.4) is 0 Å². The highest BCUT2D eigenvalue weighted by Crippen LogP contribution is 2.35. The average molecular weight is 341 g/mol. The van der Waals surface area contributed by atoms with Crippen LogP contribution >= 0.6 is 0 Å². The van der Waals surface area contributed by atoms with Crippen LogP contribution in [0.1, 0.15) is 0 Å². The van der Waals surface area contributed by atoms with E-state index in [1.165, 1.54) is 0 Å². The van der Waals surface area contributed by atoms with E-state index in [0.29, 0.717) is 0 Å². The summed E-state index contributed by atoms with van der Waals surface area (Å²) in [5.74, 6) is 1.75. The predicted octanol–water partition coefficient (Wildman–Crippen LogP) is 4.82. The summed E-state index contributed by atoms with van der Waals surface area (Å²) in [5.41, 5.74) is 5.27. The van der Waals surface area contributed by atoms with Crippen LogP contribution in [0.5, 0.6) is 5.75 Å². The van der Waals surface area contributed by atoms with Crippen molar-refractivity contribution in [3.63, 3.8) is 0 Å². The summed E-state index contributed by atoms with van der Waals surface area (Å²) in [6, 6.07) is 22.3. The Morgan fingerprint density at radius 3 is 2.12 bits per heavy atom. The van der Waals surface area contributed by atoms with Crippen LogP contribution < -0.4 is 4.74 Å². The molecule has 2 heterocycles. The predicted molar refractivity (Wildman–Crippen MR) is 104 cm³/mol. The summed E-state index contributed by atoms with van der Waals surface area (Å²) in [6.07, 6.45) is 3.59. The minimum atomic E-state index is 0.834. The van der Waals surface area contributed by atoms with Gasteiger partial charge in [-0.25, -0.2) is 4.98 Å². The molecule has 26 heavy (non-hydrogen) atoms. The highest BCUT2D eigenvalue weighted by Gasteiger charge is 2.18. The number of imidazole rings is 1. The van der Waals surface area contributed by atoms with Crippen LogP contribution in [0.4, 0.5) is 0 Å². The van der Waals surface area contributed by atoms with Gasteiger partial charge in [-0.2, -0.15) is 0 Å². The molecule has 4 heteroatoms. The third-order valence-electron chi connectivity index (χ3n) is 4.44. The third-order valence-corrected chi connectivity index (χ3v) is 4.44. The number of rotatable bonds is 4. The molecule has 0 bridgehead atoms. The second-order valence-corrected chi connectivity index (χ2v) is 6.02. The van der Waals surface area contributed by atoms with E-state index in [-0.39, 0.29) is 0 Å². The molecule has 4 aromatic rings. The van der Waals surface area contributed by atoms with Gasteiger partial charge in [0.15, 0.2) is 0 Å². The van der Waals surface area contributed by atoms with Gasteiger partial charge < -0.3 is 9.30 Å². The maximum absolute atomic E-state index is 5.27. The first kappa shape index (κ1) is 16.1. The Balaban J connectivity index is 1.93. The van der Waals surface area contributed by atoms with Gasteiger partial charge in [0.2, 0.25) is 0 Å². The van der Waals surface area contributed by atoms with Crippen LogP contribution in [-0.4, -0.2) is 21.6 Å². The molecule has 0 radical (unpaired) electrons. The summed E-state index contributed by atoms with van der Waals surface area (Å²) < 4.78 is 7.41. The molecule has 0 fully saturated rings. The zero-order valence-electron chi connectivity index (χ0n) is 14.8. The molecule has 128 valence electrons. The number of hydrogen-bond donors (Lipinski definition) is 0. The van der Waals surface area contributed by atoms with Gasteiger partial charge >= 0.3 is 0 Å². The monoisotopic (exact) mass is 341 g/mol. The van der Waals surface area contributed by atoms with Crippen LogP contribution in [0, 0.1) is 0 Å². The average Bonchev–Trinajstić information content (AvgIpc) is 3.06. The van der Waals surface area contributed by atoms with E-state index in [1.54, 1.807) is 19.5 Å². The van der Waals surface area contributed by atoms with Crippen molar-refractivity contribution in [2.75, 3.05) is 7.11 Å². The Kier molecular flexibility index (Phi) is 4.23. The molecule has 2 aromatic heterocycles. The van der Waals surface area contributed by atoms with Crippen molar-refractivity contribution in [1.82, 2.24) is 14.5 Å². The van der Waals surface area contributed by atoms with E-state index >= 15 is 0 Å². The summed E-state index contributed by atoms with van der Waals surface area (Å²) in [5, 5.41) is 0. The van der Waals surface area contributed by atoms with Gasteiger partial charge in [-0.15, -0.1) is 0 Å². The van der Waals surface area contributed by atoms with Crippen molar-refractivity contribution in [1.29, 1.82) is 0 Å². The van der Waals surface area contributed by atoms with Gasteiger partial charge in [0.05, 0.1) is 18.5 Å². The molecular weight excluding hydrogens is 322 g/mol. The number of pyridine rings is 1. The standard InChI is InChI=1S/C22H19N3O/c1-25-21(17-6-4-3-5-7-17)20(16-12-14-23-15-13-16)24-22(25)18-8-10-19(26-2)11-9-18/h3-15H,1-2H3. The normalized spacial score (nSPS) is 10.7. The first-order valence-corrected chi connectivity index (χ1v) is 8.45.